The fourth-order valence-corrected chi connectivity index (χ4v) is 2.70. The number of ketones is 1. The predicted molar refractivity (Wildman–Crippen MR) is 85.8 cm³/mol. The number of Topliss-reactive ketones (excluding diaryl/α,β-unsaturated/α-hetero) is 1. The summed E-state index contributed by atoms with van der Waals surface area (Å²) in [6.07, 6.45) is 0.263. The number of hydrogen-bond acceptors (Lipinski definition) is 1. The van der Waals surface area contributed by atoms with Crippen LogP contribution >= 0.6 is 31.9 Å². The molecule has 0 radical (unpaired) electrons. The molecule has 2 rings (SSSR count). The van der Waals surface area contributed by atoms with Crippen LogP contribution in [0, 0.1) is 19.7 Å². The first-order chi connectivity index (χ1) is 9.38. The Morgan fingerprint density at radius 1 is 1.10 bits per heavy atom. The SMILES string of the molecule is Cc1cc(C(=O)Cc2ccc(F)c(Br)c2)cc(C)c1Br. The van der Waals surface area contributed by atoms with E-state index >= 15 is 0 Å². The molecule has 0 N–H and O–H groups in total. The van der Waals surface area contributed by atoms with Crippen molar-refractivity contribution >= 4 is 37.6 Å². The van der Waals surface area contributed by atoms with Crippen molar-refractivity contribution in [3.8, 4) is 0 Å². The van der Waals surface area contributed by atoms with Crippen molar-refractivity contribution in [3.63, 3.8) is 0 Å². The minimum Gasteiger partial charge on any atom is -0.294 e. The van der Waals surface area contributed by atoms with E-state index in [9.17, 15) is 9.18 Å². The first kappa shape index (κ1) is 15.4. The Labute approximate surface area is 134 Å². The minimum atomic E-state index is -0.323. The van der Waals surface area contributed by atoms with E-state index in [2.05, 4.69) is 31.9 Å². The van der Waals surface area contributed by atoms with Gasteiger partial charge in [0.1, 0.15) is 5.82 Å². The molecule has 0 unspecified atom stereocenters. The van der Waals surface area contributed by atoms with E-state index < -0.39 is 0 Å². The smallest absolute Gasteiger partial charge is 0.167 e. The number of rotatable bonds is 3. The maximum absolute atomic E-state index is 13.2. The highest BCUT2D eigenvalue weighted by molar-refractivity contribution is 9.10. The Kier molecular flexibility index (Phi) is 4.76. The normalized spacial score (nSPS) is 10.7. The highest BCUT2D eigenvalue weighted by Gasteiger charge is 2.11. The number of benzene rings is 2. The summed E-state index contributed by atoms with van der Waals surface area (Å²) in [5.41, 5.74) is 3.55. The third-order valence-corrected chi connectivity index (χ3v) is 4.97. The van der Waals surface area contributed by atoms with Gasteiger partial charge in [0.05, 0.1) is 4.47 Å². The Hall–Kier alpha value is -1.000. The van der Waals surface area contributed by atoms with Gasteiger partial charge in [0.15, 0.2) is 5.78 Å². The zero-order chi connectivity index (χ0) is 14.9. The maximum Gasteiger partial charge on any atom is 0.167 e. The molecule has 0 saturated heterocycles. The summed E-state index contributed by atoms with van der Waals surface area (Å²) in [5.74, 6) is -0.293. The Bertz CT molecular complexity index is 657. The molecule has 0 atom stereocenters. The van der Waals surface area contributed by atoms with Crippen LogP contribution in [0.2, 0.25) is 0 Å². The monoisotopic (exact) mass is 398 g/mol. The molecule has 0 aliphatic heterocycles. The zero-order valence-corrected chi connectivity index (χ0v) is 14.3. The number of aryl methyl sites for hydroxylation is 2. The molecule has 20 heavy (non-hydrogen) atoms. The van der Waals surface area contributed by atoms with E-state index in [1.54, 1.807) is 12.1 Å². The molecule has 0 bridgehead atoms. The van der Waals surface area contributed by atoms with Gasteiger partial charge in [-0.1, -0.05) is 22.0 Å². The summed E-state index contributed by atoms with van der Waals surface area (Å²) in [6, 6.07) is 8.39. The van der Waals surface area contributed by atoms with Crippen molar-refractivity contribution in [3.05, 3.63) is 67.3 Å². The first-order valence-electron chi connectivity index (χ1n) is 6.12. The Morgan fingerprint density at radius 2 is 1.70 bits per heavy atom. The van der Waals surface area contributed by atoms with Crippen molar-refractivity contribution in [2.24, 2.45) is 0 Å². The summed E-state index contributed by atoms with van der Waals surface area (Å²) in [6.45, 7) is 3.92. The van der Waals surface area contributed by atoms with Gasteiger partial charge in [0.2, 0.25) is 0 Å². The zero-order valence-electron chi connectivity index (χ0n) is 11.1. The van der Waals surface area contributed by atoms with Gasteiger partial charge in [-0.3, -0.25) is 4.79 Å². The molecule has 0 saturated carbocycles. The van der Waals surface area contributed by atoms with Crippen molar-refractivity contribution in [2.75, 3.05) is 0 Å². The first-order valence-corrected chi connectivity index (χ1v) is 7.71. The second-order valence-electron chi connectivity index (χ2n) is 4.77. The van der Waals surface area contributed by atoms with E-state index in [1.165, 1.54) is 6.07 Å². The van der Waals surface area contributed by atoms with Crippen molar-refractivity contribution < 1.29 is 9.18 Å². The highest BCUT2D eigenvalue weighted by atomic mass is 79.9. The molecule has 0 aliphatic carbocycles. The molecule has 0 fully saturated rings. The molecule has 0 amide bonds. The summed E-state index contributed by atoms with van der Waals surface area (Å²) < 4.78 is 14.6. The van der Waals surface area contributed by atoms with Crippen LogP contribution in [-0.2, 0) is 6.42 Å². The standard InChI is InChI=1S/C16H13Br2FO/c1-9-5-12(6-10(2)16(9)18)15(20)8-11-3-4-14(19)13(17)7-11/h3-7H,8H2,1-2H3. The van der Waals surface area contributed by atoms with Gasteiger partial charge in [-0.2, -0.15) is 0 Å². The van der Waals surface area contributed by atoms with Crippen LogP contribution in [0.4, 0.5) is 4.39 Å². The fourth-order valence-electron chi connectivity index (χ4n) is 2.04. The average molecular weight is 400 g/mol. The van der Waals surface area contributed by atoms with Crippen LogP contribution in [0.25, 0.3) is 0 Å². The summed E-state index contributed by atoms with van der Waals surface area (Å²) in [4.78, 5) is 12.3. The molecule has 104 valence electrons. The lowest BCUT2D eigenvalue weighted by atomic mass is 9.99. The number of carbonyl (C=O) groups is 1. The van der Waals surface area contributed by atoms with Crippen LogP contribution < -0.4 is 0 Å². The lowest BCUT2D eigenvalue weighted by molar-refractivity contribution is 0.0992. The van der Waals surface area contributed by atoms with Gasteiger partial charge in [-0.05, 0) is 70.7 Å². The van der Waals surface area contributed by atoms with Crippen molar-refractivity contribution in [2.45, 2.75) is 20.3 Å². The lowest BCUT2D eigenvalue weighted by Gasteiger charge is -2.08. The van der Waals surface area contributed by atoms with E-state index in [1.807, 2.05) is 26.0 Å². The highest BCUT2D eigenvalue weighted by Crippen LogP contribution is 2.24. The van der Waals surface area contributed by atoms with Crippen LogP contribution in [-0.4, -0.2) is 5.78 Å². The Balaban J connectivity index is 2.26. The van der Waals surface area contributed by atoms with E-state index in [0.29, 0.717) is 10.0 Å². The van der Waals surface area contributed by atoms with Crippen LogP contribution in [0.3, 0.4) is 0 Å². The van der Waals surface area contributed by atoms with Crippen molar-refractivity contribution in [1.82, 2.24) is 0 Å². The minimum absolute atomic E-state index is 0.0298. The largest absolute Gasteiger partial charge is 0.294 e. The molecular formula is C16H13Br2FO. The fraction of sp³-hybridized carbons (Fsp3) is 0.188. The van der Waals surface area contributed by atoms with Gasteiger partial charge in [-0.25, -0.2) is 4.39 Å². The molecule has 0 aromatic heterocycles. The summed E-state index contributed by atoms with van der Waals surface area (Å²) >= 11 is 6.62. The number of halogens is 3. The van der Waals surface area contributed by atoms with Gasteiger partial charge in [-0.15, -0.1) is 0 Å². The average Bonchev–Trinajstić information content (AvgIpc) is 2.39. The van der Waals surface area contributed by atoms with Crippen LogP contribution in [0.5, 0.6) is 0 Å². The molecular weight excluding hydrogens is 387 g/mol. The molecule has 0 aliphatic rings. The third kappa shape index (κ3) is 3.36. The van der Waals surface area contributed by atoms with E-state index in [-0.39, 0.29) is 18.0 Å². The quantitative estimate of drug-likeness (QED) is 0.632. The van der Waals surface area contributed by atoms with Gasteiger partial charge in [0, 0.05) is 16.5 Å². The van der Waals surface area contributed by atoms with Gasteiger partial charge in [0.25, 0.3) is 0 Å². The Morgan fingerprint density at radius 3 is 2.25 bits per heavy atom. The van der Waals surface area contributed by atoms with Crippen molar-refractivity contribution in [1.29, 1.82) is 0 Å². The van der Waals surface area contributed by atoms with Gasteiger partial charge >= 0.3 is 0 Å². The second kappa shape index (κ2) is 6.19. The predicted octanol–water partition coefficient (Wildman–Crippen LogP) is 5.39. The second-order valence-corrected chi connectivity index (χ2v) is 6.42. The molecule has 2 aromatic rings. The third-order valence-electron chi connectivity index (χ3n) is 3.11. The van der Waals surface area contributed by atoms with Gasteiger partial charge < -0.3 is 0 Å². The number of carbonyl (C=O) groups excluding carboxylic acids is 1. The lowest BCUT2D eigenvalue weighted by Crippen LogP contribution is -2.05. The van der Waals surface area contributed by atoms with Crippen LogP contribution in [0.1, 0.15) is 27.0 Å². The molecule has 2 aromatic carbocycles. The summed E-state index contributed by atoms with van der Waals surface area (Å²) in [5, 5.41) is 0. The number of hydrogen-bond donors (Lipinski definition) is 0. The molecule has 0 heterocycles. The molecule has 1 nitrogen and oxygen atoms in total. The van der Waals surface area contributed by atoms with E-state index in [4.69, 9.17) is 0 Å². The topological polar surface area (TPSA) is 17.1 Å². The molecule has 0 spiro atoms. The van der Waals surface area contributed by atoms with Crippen LogP contribution in [0.15, 0.2) is 39.3 Å². The molecule has 4 heteroatoms. The summed E-state index contributed by atoms with van der Waals surface area (Å²) in [7, 11) is 0. The van der Waals surface area contributed by atoms with E-state index in [0.717, 1.165) is 21.2 Å². The maximum atomic E-state index is 13.2.